The van der Waals surface area contributed by atoms with Crippen LogP contribution in [0.25, 0.3) is 0 Å². The van der Waals surface area contributed by atoms with Gasteiger partial charge in [-0.2, -0.15) is 0 Å². The fourth-order valence-corrected chi connectivity index (χ4v) is 4.53. The minimum atomic E-state index is -1.53. The summed E-state index contributed by atoms with van der Waals surface area (Å²) in [5.74, 6) is -1.24. The van der Waals surface area contributed by atoms with Crippen LogP contribution in [0.3, 0.4) is 0 Å². The fraction of sp³-hybridized carbons (Fsp3) is 0.714. The summed E-state index contributed by atoms with van der Waals surface area (Å²) in [5, 5.41) is 58.6. The maximum Gasteiger partial charge on any atom is 0.243 e. The van der Waals surface area contributed by atoms with Gasteiger partial charge < -0.3 is 56.3 Å². The van der Waals surface area contributed by atoms with Crippen LogP contribution in [0.15, 0.2) is 23.3 Å². The number of hydrogen-bond acceptors (Lipinski definition) is 11. The lowest BCUT2D eigenvalue weighted by atomic mass is 9.99. The SMILES string of the molecule is C/C(=C\C(=O)NCCC[C@H]1NC(=O)[C@H](CCCNC(=O)/C=C(\C)CCO[C@H]2O[C@@H](CO)[C@@H](O)[C@@H](O)[C@H]2O)NC1=O)CCO. The Labute approximate surface area is 250 Å². The first-order chi connectivity index (χ1) is 20.5. The number of amides is 4. The number of carbonyl (C=O) groups is 4. The summed E-state index contributed by atoms with van der Waals surface area (Å²) in [6.45, 7) is 3.53. The number of ether oxygens (including phenoxy) is 2. The molecule has 9 N–H and O–H groups in total. The van der Waals surface area contributed by atoms with E-state index in [2.05, 4.69) is 21.3 Å². The van der Waals surface area contributed by atoms with E-state index in [9.17, 15) is 39.6 Å². The van der Waals surface area contributed by atoms with E-state index in [1.165, 1.54) is 12.2 Å². The molecule has 2 saturated heterocycles. The fourth-order valence-electron chi connectivity index (χ4n) is 4.53. The third-order valence-corrected chi connectivity index (χ3v) is 7.09. The molecular formula is C28H46N4O11. The number of aliphatic hydroxyl groups excluding tert-OH is 5. The van der Waals surface area contributed by atoms with Crippen molar-refractivity contribution in [2.45, 2.75) is 95.2 Å². The maximum absolute atomic E-state index is 12.5. The predicted octanol–water partition coefficient (Wildman–Crippen LogP) is -2.76. The molecule has 0 unspecified atom stereocenters. The Balaban J connectivity index is 1.62. The number of hydrogen-bond donors (Lipinski definition) is 9. The molecule has 244 valence electrons. The number of aliphatic hydroxyl groups is 5. The third kappa shape index (κ3) is 12.3. The molecule has 0 saturated carbocycles. The van der Waals surface area contributed by atoms with Crippen LogP contribution in [0.1, 0.15) is 52.4 Å². The van der Waals surface area contributed by atoms with E-state index in [4.69, 9.17) is 14.6 Å². The Morgan fingerprint density at radius 2 is 1.35 bits per heavy atom. The van der Waals surface area contributed by atoms with Crippen molar-refractivity contribution in [1.29, 1.82) is 0 Å². The predicted molar refractivity (Wildman–Crippen MR) is 152 cm³/mol. The van der Waals surface area contributed by atoms with Crippen LogP contribution >= 0.6 is 0 Å². The van der Waals surface area contributed by atoms with Crippen LogP contribution in [0.4, 0.5) is 0 Å². The zero-order valence-corrected chi connectivity index (χ0v) is 24.7. The van der Waals surface area contributed by atoms with Crippen molar-refractivity contribution in [3.05, 3.63) is 23.3 Å². The first kappa shape index (κ1) is 36.3. The average Bonchev–Trinajstić information content (AvgIpc) is 2.95. The van der Waals surface area contributed by atoms with Gasteiger partial charge in [-0.25, -0.2) is 0 Å². The van der Waals surface area contributed by atoms with Crippen LogP contribution in [-0.2, 0) is 28.7 Å². The largest absolute Gasteiger partial charge is 0.396 e. The van der Waals surface area contributed by atoms with Crippen molar-refractivity contribution >= 4 is 23.6 Å². The minimum Gasteiger partial charge on any atom is -0.396 e. The normalized spacial score (nSPS) is 28.2. The lowest BCUT2D eigenvalue weighted by molar-refractivity contribution is -0.300. The highest BCUT2D eigenvalue weighted by Crippen LogP contribution is 2.22. The highest BCUT2D eigenvalue weighted by molar-refractivity contribution is 5.96. The first-order valence-electron chi connectivity index (χ1n) is 14.5. The molecule has 4 amide bonds. The van der Waals surface area contributed by atoms with Gasteiger partial charge in [-0.3, -0.25) is 19.2 Å². The Bertz CT molecular complexity index is 1000. The summed E-state index contributed by atoms with van der Waals surface area (Å²) in [7, 11) is 0. The van der Waals surface area contributed by atoms with Crippen molar-refractivity contribution in [1.82, 2.24) is 21.3 Å². The van der Waals surface area contributed by atoms with Crippen molar-refractivity contribution in [2.75, 3.05) is 32.9 Å². The van der Waals surface area contributed by atoms with E-state index < -0.39 is 49.4 Å². The molecular weight excluding hydrogens is 568 g/mol. The molecule has 7 atom stereocenters. The van der Waals surface area contributed by atoms with Crippen molar-refractivity contribution in [2.24, 2.45) is 0 Å². The van der Waals surface area contributed by atoms with Gasteiger partial charge in [0.15, 0.2) is 6.29 Å². The molecule has 0 aromatic rings. The van der Waals surface area contributed by atoms with E-state index in [-0.39, 0.29) is 43.4 Å². The van der Waals surface area contributed by atoms with Gasteiger partial charge in [0.05, 0.1) is 13.2 Å². The first-order valence-corrected chi connectivity index (χ1v) is 14.5. The quantitative estimate of drug-likeness (QED) is 0.0601. The Kier molecular flexibility index (Phi) is 15.8. The van der Waals surface area contributed by atoms with Gasteiger partial charge in [-0.05, 0) is 52.4 Å². The summed E-state index contributed by atoms with van der Waals surface area (Å²) in [6, 6.07) is -1.40. The van der Waals surface area contributed by atoms with Crippen molar-refractivity contribution in [3.63, 3.8) is 0 Å². The van der Waals surface area contributed by atoms with E-state index in [1.54, 1.807) is 13.8 Å². The van der Waals surface area contributed by atoms with Crippen LogP contribution in [-0.4, -0.2) is 125 Å². The van der Waals surface area contributed by atoms with E-state index in [0.717, 1.165) is 5.57 Å². The highest BCUT2D eigenvalue weighted by Gasteiger charge is 2.44. The second-order valence-corrected chi connectivity index (χ2v) is 10.8. The zero-order chi connectivity index (χ0) is 31.9. The molecule has 2 rings (SSSR count). The third-order valence-electron chi connectivity index (χ3n) is 7.09. The summed E-state index contributed by atoms with van der Waals surface area (Å²) in [6.07, 6.45) is -1.67. The standard InChI is InChI=1S/C28H46N4O11/c1-16(7-11-33)13-21(35)29-9-3-5-18-26(40)32-19(27(41)31-18)6-4-10-30-22(36)14-17(2)8-12-42-28-25(39)24(38)23(37)20(15-34)43-28/h13-14,18-20,23-25,28,33-34,37-39H,3-12,15H2,1-2H3,(H,29,35)(H,30,36)(H,31,41)(H,32,40)/b16-13+,17-14+/t18-,19+,20+,23-,24-,25-,28+/m1/s1. The Hall–Kier alpha value is -2.92. The summed E-state index contributed by atoms with van der Waals surface area (Å²) in [4.78, 5) is 48.9. The van der Waals surface area contributed by atoms with Gasteiger partial charge in [0.25, 0.3) is 0 Å². The lowest BCUT2D eigenvalue weighted by Gasteiger charge is -2.39. The molecule has 2 heterocycles. The molecule has 0 spiro atoms. The van der Waals surface area contributed by atoms with E-state index in [1.807, 2.05) is 0 Å². The van der Waals surface area contributed by atoms with Gasteiger partial charge in [-0.15, -0.1) is 0 Å². The minimum absolute atomic E-state index is 0.0312. The molecule has 15 nitrogen and oxygen atoms in total. The second kappa shape index (κ2) is 18.7. The van der Waals surface area contributed by atoms with Gasteiger partial charge in [0.1, 0.15) is 36.5 Å². The molecule has 0 aromatic carbocycles. The molecule has 0 radical (unpaired) electrons. The number of nitrogens with one attached hydrogen (secondary N) is 4. The highest BCUT2D eigenvalue weighted by atomic mass is 16.7. The van der Waals surface area contributed by atoms with Crippen molar-refractivity contribution < 1.29 is 54.2 Å². The molecule has 43 heavy (non-hydrogen) atoms. The number of carbonyl (C=O) groups excluding carboxylic acids is 4. The Morgan fingerprint density at radius 1 is 0.837 bits per heavy atom. The van der Waals surface area contributed by atoms with E-state index >= 15 is 0 Å². The van der Waals surface area contributed by atoms with Gasteiger partial charge in [0, 0.05) is 31.8 Å². The molecule has 2 aliphatic rings. The topological polar surface area (TPSA) is 236 Å². The zero-order valence-electron chi connectivity index (χ0n) is 24.7. The van der Waals surface area contributed by atoms with Crippen LogP contribution < -0.4 is 21.3 Å². The van der Waals surface area contributed by atoms with Crippen LogP contribution in [0.2, 0.25) is 0 Å². The molecule has 0 aliphatic carbocycles. The lowest BCUT2D eigenvalue weighted by Crippen LogP contribution is -2.61. The average molecular weight is 615 g/mol. The second-order valence-electron chi connectivity index (χ2n) is 10.8. The molecule has 15 heteroatoms. The van der Waals surface area contributed by atoms with Crippen LogP contribution in [0, 0.1) is 0 Å². The smallest absolute Gasteiger partial charge is 0.243 e. The Morgan fingerprint density at radius 3 is 1.84 bits per heavy atom. The van der Waals surface area contributed by atoms with E-state index in [0.29, 0.717) is 50.6 Å². The monoisotopic (exact) mass is 614 g/mol. The summed E-state index contributed by atoms with van der Waals surface area (Å²) < 4.78 is 10.7. The molecule has 0 aromatic heterocycles. The van der Waals surface area contributed by atoms with Gasteiger partial charge in [-0.1, -0.05) is 11.1 Å². The molecule has 2 aliphatic heterocycles. The summed E-state index contributed by atoms with van der Waals surface area (Å²) >= 11 is 0. The molecule has 0 bridgehead atoms. The summed E-state index contributed by atoms with van der Waals surface area (Å²) in [5.41, 5.74) is 1.43. The van der Waals surface area contributed by atoms with Crippen molar-refractivity contribution in [3.8, 4) is 0 Å². The maximum atomic E-state index is 12.5. The van der Waals surface area contributed by atoms with Gasteiger partial charge in [0.2, 0.25) is 23.6 Å². The number of rotatable bonds is 17. The van der Waals surface area contributed by atoms with Gasteiger partial charge >= 0.3 is 0 Å². The number of piperazine rings is 1. The van der Waals surface area contributed by atoms with Crippen LogP contribution in [0.5, 0.6) is 0 Å². The molecule has 2 fully saturated rings.